The van der Waals surface area contributed by atoms with Gasteiger partial charge >= 0.3 is 0 Å². The average Bonchev–Trinajstić information content (AvgIpc) is 2.90. The van der Waals surface area contributed by atoms with Crippen molar-refractivity contribution in [2.24, 2.45) is 0 Å². The Hall–Kier alpha value is -2.84. The number of benzene rings is 3. The van der Waals surface area contributed by atoms with Gasteiger partial charge < -0.3 is 4.90 Å². The first-order chi connectivity index (χ1) is 17.0. The van der Waals surface area contributed by atoms with Crippen molar-refractivity contribution in [1.29, 1.82) is 0 Å². The van der Waals surface area contributed by atoms with Gasteiger partial charge in [-0.15, -0.1) is 0 Å². The second-order valence-corrected chi connectivity index (χ2v) is 11.1. The summed E-state index contributed by atoms with van der Waals surface area (Å²) in [5, 5.41) is 0. The smallest absolute Gasteiger partial charge is 0.244 e. The van der Waals surface area contributed by atoms with Crippen molar-refractivity contribution in [3.8, 4) is 0 Å². The van der Waals surface area contributed by atoms with E-state index in [1.54, 1.807) is 18.2 Å². The molecule has 1 fully saturated rings. The van der Waals surface area contributed by atoms with Crippen LogP contribution in [-0.4, -0.2) is 74.1 Å². The molecule has 5 rings (SSSR count). The maximum atomic E-state index is 13.0. The Morgan fingerprint density at radius 3 is 1.91 bits per heavy atom. The zero-order valence-corrected chi connectivity index (χ0v) is 20.6. The van der Waals surface area contributed by atoms with Crippen molar-refractivity contribution >= 4 is 15.8 Å². The van der Waals surface area contributed by atoms with Gasteiger partial charge in [0, 0.05) is 38.3 Å². The molecule has 0 bridgehead atoms. The lowest BCUT2D eigenvalue weighted by Crippen LogP contribution is -2.48. The lowest BCUT2D eigenvalue weighted by atomic mass is 9.96. The van der Waals surface area contributed by atoms with Crippen LogP contribution in [0.15, 0.2) is 89.8 Å². The van der Waals surface area contributed by atoms with Gasteiger partial charge in [0.25, 0.3) is 0 Å². The summed E-state index contributed by atoms with van der Waals surface area (Å²) >= 11 is 0. The Balaban J connectivity index is 1.18. The van der Waals surface area contributed by atoms with Crippen molar-refractivity contribution in [3.05, 3.63) is 102 Å². The first-order valence-electron chi connectivity index (χ1n) is 12.2. The van der Waals surface area contributed by atoms with Gasteiger partial charge in [-0.1, -0.05) is 72.8 Å². The Kier molecular flexibility index (Phi) is 7.11. The number of piperazine rings is 1. The second-order valence-electron chi connectivity index (χ2n) is 9.21. The normalized spacial score (nSPS) is 19.1. The molecule has 6 nitrogen and oxygen atoms in total. The number of sulfonamides is 1. The molecular weight excluding hydrogens is 458 g/mol. The van der Waals surface area contributed by atoms with E-state index in [1.807, 2.05) is 0 Å². The van der Waals surface area contributed by atoms with Crippen molar-refractivity contribution < 1.29 is 13.2 Å². The molecule has 0 aromatic heterocycles. The molecule has 0 atom stereocenters. The molecular formula is C28H31N3O3S. The van der Waals surface area contributed by atoms with E-state index in [0.717, 1.165) is 32.7 Å². The molecule has 0 aliphatic carbocycles. The SMILES string of the molecule is O=C1CN(CCCN2CCN(C(c3ccccc3)c3ccccc3)CC2)S(=O)(=O)c2ccccc21. The fraction of sp³-hybridized carbons (Fsp3) is 0.321. The van der Waals surface area contributed by atoms with Crippen molar-refractivity contribution in [2.75, 3.05) is 45.8 Å². The molecule has 182 valence electrons. The first-order valence-corrected chi connectivity index (χ1v) is 13.7. The van der Waals surface area contributed by atoms with Crippen LogP contribution in [0.5, 0.6) is 0 Å². The van der Waals surface area contributed by atoms with Gasteiger partial charge in [0.2, 0.25) is 10.0 Å². The third kappa shape index (κ3) is 5.09. The summed E-state index contributed by atoms with van der Waals surface area (Å²) < 4.78 is 27.3. The van der Waals surface area contributed by atoms with E-state index < -0.39 is 10.0 Å². The number of rotatable bonds is 7. The van der Waals surface area contributed by atoms with Gasteiger partial charge in [-0.25, -0.2) is 8.42 Å². The summed E-state index contributed by atoms with van der Waals surface area (Å²) in [5.41, 5.74) is 2.91. The maximum absolute atomic E-state index is 13.0. The molecule has 0 amide bonds. The lowest BCUT2D eigenvalue weighted by Gasteiger charge is -2.40. The number of nitrogens with zero attached hydrogens (tertiary/aromatic N) is 3. The van der Waals surface area contributed by atoms with E-state index in [1.165, 1.54) is 21.5 Å². The summed E-state index contributed by atoms with van der Waals surface area (Å²) in [7, 11) is -3.61. The van der Waals surface area contributed by atoms with E-state index in [4.69, 9.17) is 0 Å². The predicted molar refractivity (Wildman–Crippen MR) is 137 cm³/mol. The molecule has 0 spiro atoms. The highest BCUT2D eigenvalue weighted by molar-refractivity contribution is 7.89. The van der Waals surface area contributed by atoms with E-state index in [-0.39, 0.29) is 23.3 Å². The Morgan fingerprint density at radius 1 is 0.714 bits per heavy atom. The number of ketones is 1. The fourth-order valence-electron chi connectivity index (χ4n) is 5.19. The Labute approximate surface area is 207 Å². The molecule has 0 N–H and O–H groups in total. The maximum Gasteiger partial charge on any atom is 0.244 e. The van der Waals surface area contributed by atoms with E-state index in [2.05, 4.69) is 70.5 Å². The standard InChI is InChI=1S/C28H31N3O3S/c32-26-22-31(35(33,34)27-15-8-7-14-25(26)27)17-9-16-29-18-20-30(21-19-29)28(23-10-3-1-4-11-23)24-12-5-2-6-13-24/h1-8,10-15,28H,9,16-22H2. The largest absolute Gasteiger partial charge is 0.301 e. The fourth-order valence-corrected chi connectivity index (χ4v) is 6.84. The summed E-state index contributed by atoms with van der Waals surface area (Å²) in [6.07, 6.45) is 0.704. The average molecular weight is 490 g/mol. The molecule has 0 radical (unpaired) electrons. The van der Waals surface area contributed by atoms with E-state index in [9.17, 15) is 13.2 Å². The Morgan fingerprint density at radius 2 is 1.29 bits per heavy atom. The van der Waals surface area contributed by atoms with Crippen molar-refractivity contribution in [1.82, 2.24) is 14.1 Å². The molecule has 2 aliphatic heterocycles. The Bertz CT molecular complexity index is 1220. The molecule has 0 unspecified atom stereocenters. The number of hydrogen-bond donors (Lipinski definition) is 0. The molecule has 35 heavy (non-hydrogen) atoms. The third-order valence-electron chi connectivity index (χ3n) is 7.01. The van der Waals surface area contributed by atoms with Crippen LogP contribution >= 0.6 is 0 Å². The van der Waals surface area contributed by atoms with Crippen molar-refractivity contribution in [3.63, 3.8) is 0 Å². The van der Waals surface area contributed by atoms with E-state index in [0.29, 0.717) is 18.5 Å². The van der Waals surface area contributed by atoms with Gasteiger partial charge in [0.05, 0.1) is 17.5 Å². The minimum Gasteiger partial charge on any atom is -0.301 e. The summed E-state index contributed by atoms with van der Waals surface area (Å²) in [6, 6.07) is 28.0. The molecule has 2 heterocycles. The van der Waals surface area contributed by atoms with E-state index >= 15 is 0 Å². The molecule has 7 heteroatoms. The quantitative estimate of drug-likeness (QED) is 0.507. The van der Waals surface area contributed by atoms with Gasteiger partial charge in [0.15, 0.2) is 5.78 Å². The number of hydrogen-bond acceptors (Lipinski definition) is 5. The lowest BCUT2D eigenvalue weighted by molar-refractivity contribution is 0.0945. The highest BCUT2D eigenvalue weighted by Crippen LogP contribution is 2.30. The van der Waals surface area contributed by atoms with Crippen LogP contribution in [0.4, 0.5) is 0 Å². The first kappa shape index (κ1) is 23.9. The van der Waals surface area contributed by atoms with Gasteiger partial charge in [-0.05, 0) is 36.2 Å². The van der Waals surface area contributed by atoms with Crippen LogP contribution in [0.3, 0.4) is 0 Å². The zero-order valence-electron chi connectivity index (χ0n) is 19.8. The minimum atomic E-state index is -3.61. The summed E-state index contributed by atoms with van der Waals surface area (Å²) in [5.74, 6) is -0.128. The van der Waals surface area contributed by atoms with Crippen molar-refractivity contribution in [2.45, 2.75) is 17.4 Å². The summed E-state index contributed by atoms with van der Waals surface area (Å²) in [4.78, 5) is 17.5. The predicted octanol–water partition coefficient (Wildman–Crippen LogP) is 3.67. The van der Waals surface area contributed by atoms with Crippen LogP contribution in [0.1, 0.15) is 33.9 Å². The third-order valence-corrected chi connectivity index (χ3v) is 8.91. The van der Waals surface area contributed by atoms with Crippen LogP contribution in [0.2, 0.25) is 0 Å². The number of fused-ring (bicyclic) bond motifs is 1. The number of Topliss-reactive ketones (excluding diaryl/α,β-unsaturated/α-hetero) is 1. The van der Waals surface area contributed by atoms with Gasteiger partial charge in [-0.2, -0.15) is 4.31 Å². The topological polar surface area (TPSA) is 60.9 Å². The molecule has 3 aromatic carbocycles. The van der Waals surface area contributed by atoms with Gasteiger partial charge in [0.1, 0.15) is 0 Å². The van der Waals surface area contributed by atoms with Crippen LogP contribution in [0.25, 0.3) is 0 Å². The minimum absolute atomic E-state index is 0.0665. The number of carbonyl (C=O) groups is 1. The summed E-state index contributed by atoms with van der Waals surface area (Å²) in [6.45, 7) is 4.87. The monoisotopic (exact) mass is 489 g/mol. The van der Waals surface area contributed by atoms with Crippen LogP contribution in [0, 0.1) is 0 Å². The molecule has 0 saturated carbocycles. The van der Waals surface area contributed by atoms with Gasteiger partial charge in [-0.3, -0.25) is 9.69 Å². The highest BCUT2D eigenvalue weighted by atomic mass is 32.2. The second kappa shape index (κ2) is 10.4. The zero-order chi connectivity index (χ0) is 24.3. The molecule has 2 aliphatic rings. The van der Waals surface area contributed by atoms with Crippen LogP contribution in [-0.2, 0) is 10.0 Å². The highest BCUT2D eigenvalue weighted by Gasteiger charge is 2.35. The van der Waals surface area contributed by atoms with Crippen LogP contribution < -0.4 is 0 Å². The number of carbonyl (C=O) groups excluding carboxylic acids is 1. The molecule has 1 saturated heterocycles. The molecule has 3 aromatic rings.